The van der Waals surface area contributed by atoms with Crippen LogP contribution in [0.25, 0.3) is 0 Å². The first kappa shape index (κ1) is 36.1. The Morgan fingerprint density at radius 1 is 1.00 bits per heavy atom. The molecule has 0 spiro atoms. The smallest absolute Gasteiger partial charge is 0.430 e. The number of hydrogen-bond donors (Lipinski definition) is 4. The molecule has 1 aliphatic carbocycles. The van der Waals surface area contributed by atoms with Crippen molar-refractivity contribution in [3.8, 4) is 0 Å². The SMILES string of the molecule is CCN(CC(=O)N[C@@H](CC(=O)O)C(=O)NCCC1CCCCC1)C(=O)CCCC1CC[NH2+]CC1.O=C([O-])C(F)(F)F. The monoisotopic (exact) mass is 594 g/mol. The van der Waals surface area contributed by atoms with Crippen molar-refractivity contribution in [3.63, 3.8) is 0 Å². The number of nitrogens with one attached hydrogen (secondary N) is 2. The second-order valence-corrected chi connectivity index (χ2v) is 10.7. The molecule has 1 atom stereocenters. The molecule has 1 saturated heterocycles. The fourth-order valence-corrected chi connectivity index (χ4v) is 5.16. The number of piperidine rings is 1. The zero-order valence-electron chi connectivity index (χ0n) is 23.8. The Labute approximate surface area is 239 Å². The minimum atomic E-state index is -5.19. The first-order chi connectivity index (χ1) is 19.3. The summed E-state index contributed by atoms with van der Waals surface area (Å²) in [4.78, 5) is 59.3. The number of carboxylic acids is 2. The van der Waals surface area contributed by atoms with Gasteiger partial charge >= 0.3 is 12.1 Å². The fourth-order valence-electron chi connectivity index (χ4n) is 5.16. The van der Waals surface area contributed by atoms with Crippen LogP contribution in [0.4, 0.5) is 13.2 Å². The van der Waals surface area contributed by atoms with Gasteiger partial charge in [0.05, 0.1) is 26.1 Å². The standard InChI is InChI=1S/C25H44N4O5.C2HF3O2/c1-2-29(23(31)10-6-9-20-11-14-26-15-12-20)18-22(30)28-21(17-24(32)33)25(34)27-16-13-19-7-4-3-5-8-19;3-2(4,5)1(6)7/h19-21,26H,2-18H2,1H3,(H,27,34)(H,28,30)(H,32,33);(H,6,7)/t21-;/m0./s1. The molecule has 0 radical (unpaired) electrons. The van der Waals surface area contributed by atoms with E-state index in [1.54, 1.807) is 0 Å². The van der Waals surface area contributed by atoms with E-state index in [1.165, 1.54) is 49.8 Å². The molecule has 0 aromatic carbocycles. The number of carbonyl (C=O) groups is 5. The fraction of sp³-hybridized carbons (Fsp3) is 0.815. The Morgan fingerprint density at radius 3 is 2.12 bits per heavy atom. The Morgan fingerprint density at radius 2 is 1.59 bits per heavy atom. The van der Waals surface area contributed by atoms with Crippen LogP contribution < -0.4 is 21.1 Å². The van der Waals surface area contributed by atoms with Crippen LogP contribution in [0.3, 0.4) is 0 Å². The van der Waals surface area contributed by atoms with Gasteiger partial charge in [-0.3, -0.25) is 19.2 Å². The number of likely N-dealkylation sites (N-methyl/N-ethyl adjacent to an activating group) is 1. The van der Waals surface area contributed by atoms with Crippen LogP contribution in [0, 0.1) is 11.8 Å². The molecule has 0 unspecified atom stereocenters. The number of alkyl halides is 3. The third-order valence-electron chi connectivity index (χ3n) is 7.47. The second kappa shape index (κ2) is 19.3. The molecule has 1 heterocycles. The van der Waals surface area contributed by atoms with E-state index in [-0.39, 0.29) is 12.5 Å². The van der Waals surface area contributed by atoms with Crippen molar-refractivity contribution >= 4 is 29.7 Å². The predicted molar refractivity (Wildman–Crippen MR) is 140 cm³/mol. The highest BCUT2D eigenvalue weighted by molar-refractivity contribution is 5.92. The highest BCUT2D eigenvalue weighted by Gasteiger charge is 2.29. The van der Waals surface area contributed by atoms with Crippen molar-refractivity contribution < 1.29 is 52.7 Å². The summed E-state index contributed by atoms with van der Waals surface area (Å²) in [7, 11) is 0. The van der Waals surface area contributed by atoms with Crippen molar-refractivity contribution in [2.24, 2.45) is 11.8 Å². The van der Waals surface area contributed by atoms with Crippen molar-refractivity contribution in [1.82, 2.24) is 15.5 Å². The molecule has 2 rings (SSSR count). The lowest BCUT2D eigenvalue weighted by molar-refractivity contribution is -0.664. The van der Waals surface area contributed by atoms with E-state index in [2.05, 4.69) is 16.0 Å². The highest BCUT2D eigenvalue weighted by atomic mass is 19.4. The zero-order valence-corrected chi connectivity index (χ0v) is 23.8. The van der Waals surface area contributed by atoms with Gasteiger partial charge in [-0.15, -0.1) is 0 Å². The summed E-state index contributed by atoms with van der Waals surface area (Å²) in [5, 5.41) is 25.6. The maximum Gasteiger partial charge on any atom is 0.430 e. The summed E-state index contributed by atoms with van der Waals surface area (Å²) in [6.45, 7) is 4.83. The number of carbonyl (C=O) groups excluding carboxylic acids is 4. The number of nitrogens with two attached hydrogens (primary N) is 1. The van der Waals surface area contributed by atoms with E-state index < -0.39 is 42.4 Å². The Balaban J connectivity index is 0.00000106. The van der Waals surface area contributed by atoms with Crippen LogP contribution in [0.5, 0.6) is 0 Å². The molecule has 1 aliphatic heterocycles. The Bertz CT molecular complexity index is 845. The molecule has 2 fully saturated rings. The van der Waals surface area contributed by atoms with Crippen molar-refractivity contribution in [2.45, 2.75) is 96.2 Å². The number of carboxylic acid groups (broad SMARTS) is 2. The van der Waals surface area contributed by atoms with Crippen LogP contribution in [-0.2, 0) is 24.0 Å². The molecular formula is C27H45F3N4O7. The van der Waals surface area contributed by atoms with Gasteiger partial charge < -0.3 is 35.9 Å². The van der Waals surface area contributed by atoms with Gasteiger partial charge in [0.25, 0.3) is 0 Å². The molecule has 3 amide bonds. The zero-order chi connectivity index (χ0) is 30.8. The van der Waals surface area contributed by atoms with Crippen LogP contribution in [0.15, 0.2) is 0 Å². The van der Waals surface area contributed by atoms with E-state index in [0.29, 0.717) is 31.3 Å². The summed E-state index contributed by atoms with van der Waals surface area (Å²) in [5.41, 5.74) is 0. The molecule has 5 N–H and O–H groups in total. The van der Waals surface area contributed by atoms with Crippen LogP contribution in [0.1, 0.15) is 84.0 Å². The molecule has 14 heteroatoms. The lowest BCUT2D eigenvalue weighted by atomic mass is 9.87. The summed E-state index contributed by atoms with van der Waals surface area (Å²) < 4.78 is 31.5. The molecule has 0 bridgehead atoms. The average Bonchev–Trinajstić information content (AvgIpc) is 2.92. The molecule has 2 aliphatic rings. The number of halogens is 3. The van der Waals surface area contributed by atoms with Crippen molar-refractivity contribution in [3.05, 3.63) is 0 Å². The summed E-state index contributed by atoms with van der Waals surface area (Å²) in [6.07, 6.45) is 5.90. The number of quaternary nitrogens is 1. The van der Waals surface area contributed by atoms with Crippen molar-refractivity contribution in [2.75, 3.05) is 32.7 Å². The van der Waals surface area contributed by atoms with Crippen LogP contribution in [-0.4, -0.2) is 84.6 Å². The molecule has 0 aromatic heterocycles. The van der Waals surface area contributed by atoms with Crippen molar-refractivity contribution in [1.29, 1.82) is 0 Å². The number of hydrogen-bond acceptors (Lipinski definition) is 6. The molecule has 236 valence electrons. The molecule has 41 heavy (non-hydrogen) atoms. The lowest BCUT2D eigenvalue weighted by Crippen LogP contribution is -2.86. The highest BCUT2D eigenvalue weighted by Crippen LogP contribution is 2.25. The molecule has 11 nitrogen and oxygen atoms in total. The van der Waals surface area contributed by atoms with Gasteiger partial charge in [0, 0.05) is 19.5 Å². The maximum absolute atomic E-state index is 12.6. The van der Waals surface area contributed by atoms with Gasteiger partial charge in [0.1, 0.15) is 12.0 Å². The van der Waals surface area contributed by atoms with E-state index in [4.69, 9.17) is 9.90 Å². The number of nitrogens with zero attached hydrogens (tertiary/aromatic N) is 1. The van der Waals surface area contributed by atoms with Gasteiger partial charge in [0.2, 0.25) is 17.7 Å². The quantitative estimate of drug-likeness (QED) is 0.224. The van der Waals surface area contributed by atoms with Gasteiger partial charge in [-0.25, -0.2) is 0 Å². The Kier molecular flexibility index (Phi) is 17.0. The van der Waals surface area contributed by atoms with E-state index in [1.807, 2.05) is 6.92 Å². The second-order valence-electron chi connectivity index (χ2n) is 10.7. The largest absolute Gasteiger partial charge is 0.542 e. The van der Waals surface area contributed by atoms with Crippen LogP contribution >= 0.6 is 0 Å². The third kappa shape index (κ3) is 16.2. The first-order valence-electron chi connectivity index (χ1n) is 14.5. The normalized spacial score (nSPS) is 17.0. The minimum absolute atomic E-state index is 0.0771. The Hall–Kier alpha value is -2.90. The van der Waals surface area contributed by atoms with Gasteiger partial charge in [-0.05, 0) is 50.9 Å². The number of amides is 3. The summed E-state index contributed by atoms with van der Waals surface area (Å²) in [6, 6.07) is -1.15. The average molecular weight is 595 g/mol. The van der Waals surface area contributed by atoms with Gasteiger partial charge in [-0.2, -0.15) is 13.2 Å². The van der Waals surface area contributed by atoms with E-state index >= 15 is 0 Å². The maximum atomic E-state index is 12.6. The summed E-state index contributed by atoms with van der Waals surface area (Å²) >= 11 is 0. The number of aliphatic carboxylic acids is 2. The lowest BCUT2D eigenvalue weighted by Gasteiger charge is -2.24. The number of rotatable bonds is 14. The van der Waals surface area contributed by atoms with Gasteiger partial charge in [-0.1, -0.05) is 32.1 Å². The minimum Gasteiger partial charge on any atom is -0.542 e. The first-order valence-corrected chi connectivity index (χ1v) is 14.5. The molecular weight excluding hydrogens is 549 g/mol. The van der Waals surface area contributed by atoms with E-state index in [0.717, 1.165) is 32.4 Å². The third-order valence-corrected chi connectivity index (χ3v) is 7.47. The summed E-state index contributed by atoms with van der Waals surface area (Å²) in [5.74, 6) is -3.94. The molecule has 0 aromatic rings. The van der Waals surface area contributed by atoms with E-state index in [9.17, 15) is 37.5 Å². The molecule has 1 saturated carbocycles. The van der Waals surface area contributed by atoms with Crippen LogP contribution in [0.2, 0.25) is 0 Å². The topological polar surface area (TPSA) is 173 Å². The van der Waals surface area contributed by atoms with Gasteiger partial charge in [0.15, 0.2) is 0 Å². The predicted octanol–water partition coefficient (Wildman–Crippen LogP) is 0.323.